The zero-order valence-electron chi connectivity index (χ0n) is 11.6. The zero-order valence-corrected chi connectivity index (χ0v) is 11.6. The summed E-state index contributed by atoms with van der Waals surface area (Å²) in [5.74, 6) is -0.576. The molecule has 5 heteroatoms. The molecule has 2 saturated heterocycles. The topological polar surface area (TPSA) is 47.7 Å². The van der Waals surface area contributed by atoms with Crippen LogP contribution in [0, 0.1) is 5.82 Å². The molecule has 1 aromatic rings. The summed E-state index contributed by atoms with van der Waals surface area (Å²) in [7, 11) is 0. The van der Waals surface area contributed by atoms with Crippen LogP contribution in [-0.2, 0) is 9.47 Å². The van der Waals surface area contributed by atoms with Gasteiger partial charge < -0.3 is 15.2 Å². The first-order chi connectivity index (χ1) is 9.72. The van der Waals surface area contributed by atoms with Crippen LogP contribution in [0.1, 0.15) is 24.4 Å². The van der Waals surface area contributed by atoms with Crippen molar-refractivity contribution in [2.24, 2.45) is 5.73 Å². The van der Waals surface area contributed by atoms with Gasteiger partial charge in [0.1, 0.15) is 5.82 Å². The van der Waals surface area contributed by atoms with E-state index < -0.39 is 0 Å². The molecule has 4 nitrogen and oxygen atoms in total. The highest BCUT2D eigenvalue weighted by atomic mass is 19.1. The number of likely N-dealkylation sites (tertiary alicyclic amines) is 1. The smallest absolute Gasteiger partial charge is 0.170 e. The van der Waals surface area contributed by atoms with E-state index >= 15 is 0 Å². The number of rotatable bonds is 3. The Bertz CT molecular complexity index is 436. The molecule has 2 N–H and O–H groups in total. The van der Waals surface area contributed by atoms with Gasteiger partial charge in [0.15, 0.2) is 5.79 Å². The van der Waals surface area contributed by atoms with Gasteiger partial charge in [-0.2, -0.15) is 0 Å². The molecule has 0 aromatic heterocycles. The fourth-order valence-corrected chi connectivity index (χ4v) is 3.14. The first kappa shape index (κ1) is 13.9. The molecule has 2 fully saturated rings. The van der Waals surface area contributed by atoms with Gasteiger partial charge in [-0.05, 0) is 17.7 Å². The van der Waals surface area contributed by atoms with E-state index in [1.54, 1.807) is 0 Å². The number of hydrogen-bond acceptors (Lipinski definition) is 4. The van der Waals surface area contributed by atoms with Gasteiger partial charge in [0, 0.05) is 38.5 Å². The van der Waals surface area contributed by atoms with Crippen LogP contribution < -0.4 is 5.73 Å². The summed E-state index contributed by atoms with van der Waals surface area (Å²) >= 11 is 0. The van der Waals surface area contributed by atoms with Crippen LogP contribution >= 0.6 is 0 Å². The normalized spacial score (nSPS) is 24.1. The Morgan fingerprint density at radius 2 is 1.75 bits per heavy atom. The van der Waals surface area contributed by atoms with Crippen molar-refractivity contribution in [2.45, 2.75) is 24.7 Å². The van der Waals surface area contributed by atoms with Crippen molar-refractivity contribution in [3.8, 4) is 0 Å². The SMILES string of the molecule is NCC(c1ccc(F)cc1)N1CCC2(CC1)OCCO2. The second-order valence-electron chi connectivity index (χ2n) is 5.45. The zero-order chi connectivity index (χ0) is 14.0. The fraction of sp³-hybridized carbons (Fsp3) is 0.600. The van der Waals surface area contributed by atoms with Crippen molar-refractivity contribution in [1.82, 2.24) is 4.90 Å². The number of halogens is 1. The lowest BCUT2D eigenvalue weighted by Crippen LogP contribution is -2.47. The molecule has 0 bridgehead atoms. The first-order valence-electron chi connectivity index (χ1n) is 7.20. The van der Waals surface area contributed by atoms with Crippen LogP contribution in [0.2, 0.25) is 0 Å². The van der Waals surface area contributed by atoms with Crippen molar-refractivity contribution in [3.05, 3.63) is 35.6 Å². The number of nitrogens with two attached hydrogens (primary N) is 1. The number of benzene rings is 1. The summed E-state index contributed by atoms with van der Waals surface area (Å²) in [6.45, 7) is 3.69. The molecule has 1 atom stereocenters. The standard InChI is InChI=1S/C15H21FN2O2/c16-13-3-1-12(2-4-13)14(11-17)18-7-5-15(6-8-18)19-9-10-20-15/h1-4,14H,5-11,17H2. The van der Waals surface area contributed by atoms with Gasteiger partial charge in [-0.3, -0.25) is 4.90 Å². The Hall–Kier alpha value is -1.01. The van der Waals surface area contributed by atoms with E-state index in [0.29, 0.717) is 19.8 Å². The Morgan fingerprint density at radius 3 is 2.30 bits per heavy atom. The molecular formula is C15H21FN2O2. The van der Waals surface area contributed by atoms with Crippen LogP contribution in [0.5, 0.6) is 0 Å². The minimum Gasteiger partial charge on any atom is -0.347 e. The molecule has 3 rings (SSSR count). The maximum absolute atomic E-state index is 13.0. The van der Waals surface area contributed by atoms with E-state index in [1.165, 1.54) is 12.1 Å². The first-order valence-corrected chi connectivity index (χ1v) is 7.20. The van der Waals surface area contributed by atoms with Gasteiger partial charge >= 0.3 is 0 Å². The van der Waals surface area contributed by atoms with Crippen molar-refractivity contribution in [1.29, 1.82) is 0 Å². The maximum atomic E-state index is 13.0. The minimum atomic E-state index is -0.363. The molecule has 2 aliphatic rings. The number of ether oxygens (including phenoxy) is 2. The third-order valence-corrected chi connectivity index (χ3v) is 4.29. The summed E-state index contributed by atoms with van der Waals surface area (Å²) in [6.07, 6.45) is 1.73. The van der Waals surface area contributed by atoms with E-state index in [1.807, 2.05) is 12.1 Å². The van der Waals surface area contributed by atoms with Crippen LogP contribution in [-0.4, -0.2) is 43.5 Å². The predicted octanol–water partition coefficient (Wildman–Crippen LogP) is 1.66. The number of piperidine rings is 1. The summed E-state index contributed by atoms with van der Waals surface area (Å²) in [6, 6.07) is 6.76. The molecule has 110 valence electrons. The Balaban J connectivity index is 1.67. The van der Waals surface area contributed by atoms with Gasteiger partial charge in [-0.1, -0.05) is 12.1 Å². The summed E-state index contributed by atoms with van der Waals surface area (Å²) in [5, 5.41) is 0. The maximum Gasteiger partial charge on any atom is 0.170 e. The summed E-state index contributed by atoms with van der Waals surface area (Å²) in [4.78, 5) is 2.34. The third kappa shape index (κ3) is 2.72. The van der Waals surface area contributed by atoms with Crippen LogP contribution in [0.4, 0.5) is 4.39 Å². The van der Waals surface area contributed by atoms with E-state index in [9.17, 15) is 4.39 Å². The quantitative estimate of drug-likeness (QED) is 0.915. The predicted molar refractivity (Wildman–Crippen MR) is 73.6 cm³/mol. The van der Waals surface area contributed by atoms with Crippen molar-refractivity contribution < 1.29 is 13.9 Å². The third-order valence-electron chi connectivity index (χ3n) is 4.29. The highest BCUT2D eigenvalue weighted by molar-refractivity contribution is 5.20. The molecule has 2 heterocycles. The molecule has 0 amide bonds. The van der Waals surface area contributed by atoms with Crippen molar-refractivity contribution in [2.75, 3.05) is 32.8 Å². The Labute approximate surface area is 118 Å². The van der Waals surface area contributed by atoms with Gasteiger partial charge in [-0.15, -0.1) is 0 Å². The molecule has 2 aliphatic heterocycles. The van der Waals surface area contributed by atoms with Gasteiger partial charge in [0.05, 0.1) is 13.2 Å². The van der Waals surface area contributed by atoms with E-state index in [-0.39, 0.29) is 17.6 Å². The summed E-state index contributed by atoms with van der Waals surface area (Å²) in [5.41, 5.74) is 6.99. The van der Waals surface area contributed by atoms with E-state index in [2.05, 4.69) is 4.90 Å². The molecule has 1 unspecified atom stereocenters. The molecule has 1 spiro atoms. The minimum absolute atomic E-state index is 0.134. The monoisotopic (exact) mass is 280 g/mol. The number of hydrogen-bond donors (Lipinski definition) is 1. The average molecular weight is 280 g/mol. The lowest BCUT2D eigenvalue weighted by Gasteiger charge is -2.41. The highest BCUT2D eigenvalue weighted by Gasteiger charge is 2.41. The molecule has 0 saturated carbocycles. The van der Waals surface area contributed by atoms with Crippen molar-refractivity contribution >= 4 is 0 Å². The van der Waals surface area contributed by atoms with Crippen molar-refractivity contribution in [3.63, 3.8) is 0 Å². The second-order valence-corrected chi connectivity index (χ2v) is 5.45. The lowest BCUT2D eigenvalue weighted by molar-refractivity contribution is -0.187. The fourth-order valence-electron chi connectivity index (χ4n) is 3.14. The summed E-state index contributed by atoms with van der Waals surface area (Å²) < 4.78 is 24.5. The average Bonchev–Trinajstić information content (AvgIpc) is 2.92. The van der Waals surface area contributed by atoms with Gasteiger partial charge in [0.25, 0.3) is 0 Å². The van der Waals surface area contributed by atoms with Crippen LogP contribution in [0.3, 0.4) is 0 Å². The van der Waals surface area contributed by atoms with Crippen LogP contribution in [0.15, 0.2) is 24.3 Å². The Morgan fingerprint density at radius 1 is 1.15 bits per heavy atom. The molecule has 0 aliphatic carbocycles. The Kier molecular flexibility index (Phi) is 4.03. The number of nitrogens with zero attached hydrogens (tertiary/aromatic N) is 1. The molecular weight excluding hydrogens is 259 g/mol. The second kappa shape index (κ2) is 5.77. The molecule has 20 heavy (non-hydrogen) atoms. The van der Waals surface area contributed by atoms with E-state index in [4.69, 9.17) is 15.2 Å². The van der Waals surface area contributed by atoms with E-state index in [0.717, 1.165) is 31.5 Å². The van der Waals surface area contributed by atoms with Gasteiger partial charge in [-0.25, -0.2) is 4.39 Å². The molecule has 0 radical (unpaired) electrons. The lowest BCUT2D eigenvalue weighted by atomic mass is 9.98. The van der Waals surface area contributed by atoms with Gasteiger partial charge in [0.2, 0.25) is 0 Å². The highest BCUT2D eigenvalue weighted by Crippen LogP contribution is 2.34. The van der Waals surface area contributed by atoms with Crippen LogP contribution in [0.25, 0.3) is 0 Å². The molecule has 1 aromatic carbocycles. The largest absolute Gasteiger partial charge is 0.347 e.